The van der Waals surface area contributed by atoms with Crippen LogP contribution < -0.4 is 16.4 Å². The number of carbonyl (C=O) groups excluding carboxylic acids is 1. The minimum absolute atomic E-state index is 0.280. The van der Waals surface area contributed by atoms with Gasteiger partial charge in [-0.3, -0.25) is 0 Å². The number of amides is 2. The van der Waals surface area contributed by atoms with Crippen molar-refractivity contribution >= 4 is 12.0 Å². The van der Waals surface area contributed by atoms with Gasteiger partial charge in [0.15, 0.2) is 0 Å². The zero-order chi connectivity index (χ0) is 12.7. The molecule has 0 saturated heterocycles. The largest absolute Gasteiger partial charge is 0.478 e. The molecule has 1 aromatic carbocycles. The van der Waals surface area contributed by atoms with Gasteiger partial charge in [-0.15, -0.1) is 0 Å². The number of urea groups is 1. The van der Waals surface area contributed by atoms with Crippen LogP contribution in [0.1, 0.15) is 15.9 Å². The van der Waals surface area contributed by atoms with Crippen molar-refractivity contribution in [3.05, 3.63) is 35.4 Å². The topological polar surface area (TPSA) is 104 Å². The number of aromatic carboxylic acids is 1. The van der Waals surface area contributed by atoms with Crippen molar-refractivity contribution in [2.75, 3.05) is 13.1 Å². The molecule has 0 bridgehead atoms. The van der Waals surface area contributed by atoms with Crippen molar-refractivity contribution < 1.29 is 14.7 Å². The first kappa shape index (κ1) is 13.0. The Labute approximate surface area is 98.8 Å². The molecule has 0 aliphatic heterocycles. The van der Waals surface area contributed by atoms with Gasteiger partial charge in [0.1, 0.15) is 0 Å². The molecule has 0 spiro atoms. The van der Waals surface area contributed by atoms with Gasteiger partial charge in [-0.25, -0.2) is 9.59 Å². The molecule has 0 atom stereocenters. The van der Waals surface area contributed by atoms with E-state index >= 15 is 0 Å². The van der Waals surface area contributed by atoms with Crippen LogP contribution in [-0.2, 0) is 6.54 Å². The fraction of sp³-hybridized carbons (Fsp3) is 0.273. The number of carboxylic acid groups (broad SMARTS) is 1. The molecule has 6 nitrogen and oxygen atoms in total. The van der Waals surface area contributed by atoms with E-state index in [4.69, 9.17) is 10.8 Å². The molecule has 0 unspecified atom stereocenters. The molecular formula is C11H15N3O3. The van der Waals surface area contributed by atoms with Gasteiger partial charge in [-0.05, 0) is 11.6 Å². The summed E-state index contributed by atoms with van der Waals surface area (Å²) in [5.74, 6) is -0.947. The van der Waals surface area contributed by atoms with Crippen molar-refractivity contribution in [1.29, 1.82) is 0 Å². The smallest absolute Gasteiger partial charge is 0.336 e. The normalized spacial score (nSPS) is 9.88. The molecule has 5 N–H and O–H groups in total. The number of rotatable bonds is 6. The van der Waals surface area contributed by atoms with Crippen molar-refractivity contribution in [3.63, 3.8) is 0 Å². The molecular weight excluding hydrogens is 222 g/mol. The summed E-state index contributed by atoms with van der Waals surface area (Å²) in [5, 5.41) is 14.4. The van der Waals surface area contributed by atoms with Crippen LogP contribution in [0.5, 0.6) is 0 Å². The third-order valence-electron chi connectivity index (χ3n) is 2.16. The average molecular weight is 237 g/mol. The highest BCUT2D eigenvalue weighted by Gasteiger charge is 2.07. The number of primary amides is 1. The summed E-state index contributed by atoms with van der Waals surface area (Å²) in [6.45, 7) is 1.37. The molecule has 1 rings (SSSR count). The molecule has 0 aromatic heterocycles. The Kier molecular flexibility index (Phi) is 4.96. The van der Waals surface area contributed by atoms with Crippen LogP contribution in [-0.4, -0.2) is 30.2 Å². The number of nitrogens with two attached hydrogens (primary N) is 1. The molecule has 0 aliphatic rings. The van der Waals surface area contributed by atoms with Gasteiger partial charge in [-0.2, -0.15) is 0 Å². The summed E-state index contributed by atoms with van der Waals surface area (Å²) in [7, 11) is 0. The first-order valence-corrected chi connectivity index (χ1v) is 5.16. The summed E-state index contributed by atoms with van der Waals surface area (Å²) < 4.78 is 0. The van der Waals surface area contributed by atoms with E-state index in [1.165, 1.54) is 0 Å². The molecule has 0 aliphatic carbocycles. The third kappa shape index (κ3) is 4.52. The van der Waals surface area contributed by atoms with Crippen molar-refractivity contribution in [2.45, 2.75) is 6.54 Å². The van der Waals surface area contributed by atoms with Crippen LogP contribution in [0.15, 0.2) is 24.3 Å². The van der Waals surface area contributed by atoms with Gasteiger partial charge in [-0.1, -0.05) is 18.2 Å². The molecule has 1 aromatic rings. The molecule has 2 amide bonds. The molecule has 0 saturated carbocycles. The Bertz CT molecular complexity index is 407. The second-order valence-electron chi connectivity index (χ2n) is 3.43. The van der Waals surface area contributed by atoms with Crippen molar-refractivity contribution in [3.8, 4) is 0 Å². The van der Waals surface area contributed by atoms with Gasteiger partial charge in [0.05, 0.1) is 5.56 Å². The number of hydrogen-bond acceptors (Lipinski definition) is 3. The second-order valence-corrected chi connectivity index (χ2v) is 3.43. The quantitative estimate of drug-likeness (QED) is 0.528. The Morgan fingerprint density at radius 2 is 1.94 bits per heavy atom. The maximum Gasteiger partial charge on any atom is 0.336 e. The molecule has 0 radical (unpaired) electrons. The van der Waals surface area contributed by atoms with Gasteiger partial charge in [0.2, 0.25) is 0 Å². The van der Waals surface area contributed by atoms with Crippen LogP contribution in [0.2, 0.25) is 0 Å². The standard InChI is InChI=1S/C11H15N3O3/c12-11(17)14-6-5-13-7-8-3-1-2-4-9(8)10(15)16/h1-4,13H,5-7H2,(H,15,16)(H3,12,14,17). The Hall–Kier alpha value is -2.08. The Morgan fingerprint density at radius 3 is 2.59 bits per heavy atom. The van der Waals surface area contributed by atoms with E-state index in [-0.39, 0.29) is 5.56 Å². The first-order chi connectivity index (χ1) is 8.11. The number of nitrogens with one attached hydrogen (secondary N) is 2. The Balaban J connectivity index is 2.41. The number of carbonyl (C=O) groups is 2. The van der Waals surface area contributed by atoms with Gasteiger partial charge < -0.3 is 21.5 Å². The Morgan fingerprint density at radius 1 is 1.24 bits per heavy atom. The predicted octanol–water partition coefficient (Wildman–Crippen LogP) is 0.143. The van der Waals surface area contributed by atoms with Crippen molar-refractivity contribution in [1.82, 2.24) is 10.6 Å². The lowest BCUT2D eigenvalue weighted by molar-refractivity contribution is 0.0695. The van der Waals surface area contributed by atoms with Crippen LogP contribution in [0, 0.1) is 0 Å². The maximum absolute atomic E-state index is 10.9. The zero-order valence-electron chi connectivity index (χ0n) is 9.27. The fourth-order valence-corrected chi connectivity index (χ4v) is 1.38. The van der Waals surface area contributed by atoms with E-state index in [0.717, 1.165) is 0 Å². The average Bonchev–Trinajstić information content (AvgIpc) is 2.28. The SMILES string of the molecule is NC(=O)NCCNCc1ccccc1C(=O)O. The highest BCUT2D eigenvalue weighted by atomic mass is 16.4. The lowest BCUT2D eigenvalue weighted by Gasteiger charge is -2.07. The molecule has 0 fully saturated rings. The molecule has 6 heteroatoms. The number of benzene rings is 1. The lowest BCUT2D eigenvalue weighted by Crippen LogP contribution is -2.35. The fourth-order valence-electron chi connectivity index (χ4n) is 1.38. The lowest BCUT2D eigenvalue weighted by atomic mass is 10.1. The first-order valence-electron chi connectivity index (χ1n) is 5.16. The summed E-state index contributed by atoms with van der Waals surface area (Å²) >= 11 is 0. The summed E-state index contributed by atoms with van der Waals surface area (Å²) in [5.41, 5.74) is 5.88. The van der Waals surface area contributed by atoms with E-state index in [1.807, 2.05) is 0 Å². The van der Waals surface area contributed by atoms with E-state index in [9.17, 15) is 9.59 Å². The van der Waals surface area contributed by atoms with Gasteiger partial charge in [0.25, 0.3) is 0 Å². The molecule has 17 heavy (non-hydrogen) atoms. The van der Waals surface area contributed by atoms with Crippen LogP contribution in [0.4, 0.5) is 4.79 Å². The van der Waals surface area contributed by atoms with Gasteiger partial charge >= 0.3 is 12.0 Å². The third-order valence-corrected chi connectivity index (χ3v) is 2.16. The maximum atomic E-state index is 10.9. The molecule has 92 valence electrons. The van der Waals surface area contributed by atoms with E-state index < -0.39 is 12.0 Å². The van der Waals surface area contributed by atoms with Crippen LogP contribution >= 0.6 is 0 Å². The minimum Gasteiger partial charge on any atom is -0.478 e. The monoisotopic (exact) mass is 237 g/mol. The highest BCUT2D eigenvalue weighted by Crippen LogP contribution is 2.07. The zero-order valence-corrected chi connectivity index (χ0v) is 9.27. The molecule has 0 heterocycles. The van der Waals surface area contributed by atoms with Crippen LogP contribution in [0.25, 0.3) is 0 Å². The van der Waals surface area contributed by atoms with Gasteiger partial charge in [0, 0.05) is 19.6 Å². The van der Waals surface area contributed by atoms with Crippen molar-refractivity contribution in [2.24, 2.45) is 5.73 Å². The number of carboxylic acids is 1. The summed E-state index contributed by atoms with van der Waals surface area (Å²) in [4.78, 5) is 21.3. The minimum atomic E-state index is -0.947. The second kappa shape index (κ2) is 6.49. The highest BCUT2D eigenvalue weighted by molar-refractivity contribution is 5.89. The summed E-state index contributed by atoms with van der Waals surface area (Å²) in [6, 6.07) is 6.20. The summed E-state index contributed by atoms with van der Waals surface area (Å²) in [6.07, 6.45) is 0. The predicted molar refractivity (Wildman–Crippen MR) is 62.7 cm³/mol. The van der Waals surface area contributed by atoms with E-state index in [0.29, 0.717) is 25.2 Å². The van der Waals surface area contributed by atoms with E-state index in [2.05, 4.69) is 10.6 Å². The van der Waals surface area contributed by atoms with Crippen LogP contribution in [0.3, 0.4) is 0 Å². The van der Waals surface area contributed by atoms with E-state index in [1.54, 1.807) is 24.3 Å². The number of hydrogen-bond donors (Lipinski definition) is 4.